The quantitative estimate of drug-likeness (QED) is 0.634. The molecule has 3 nitrogen and oxygen atoms in total. The van der Waals surface area contributed by atoms with E-state index < -0.39 is 17.8 Å². The van der Waals surface area contributed by atoms with Crippen molar-refractivity contribution in [3.8, 4) is 0 Å². The number of thiocarbonyl (C=S) groups is 1. The first kappa shape index (κ1) is 12.2. The van der Waals surface area contributed by atoms with E-state index in [0.29, 0.717) is 0 Å². The Balaban J connectivity index is 2.25. The number of alkyl halides is 3. The number of nitrogens with one attached hydrogen (secondary N) is 1. The summed E-state index contributed by atoms with van der Waals surface area (Å²) in [4.78, 5) is 11.4. The molecule has 1 aromatic heterocycles. The standard InChI is InChI=1S/C9H4F3NO2S2/c10-9(11,12)6-2-1-4(15-6)3-5-7(14)13-8(16)17-5/h1-3H,(H,13,14,16)/b5-3+. The molecule has 2 rings (SSSR count). The van der Waals surface area contributed by atoms with Crippen molar-refractivity contribution in [1.29, 1.82) is 0 Å². The number of carbonyl (C=O) groups is 1. The Morgan fingerprint density at radius 1 is 1.41 bits per heavy atom. The first-order chi connectivity index (χ1) is 7.86. The van der Waals surface area contributed by atoms with E-state index >= 15 is 0 Å². The van der Waals surface area contributed by atoms with Crippen LogP contribution < -0.4 is 5.32 Å². The SMILES string of the molecule is O=C1NC(=S)S/C1=C/c1ccc(C(F)(F)F)o1. The van der Waals surface area contributed by atoms with E-state index in [-0.39, 0.29) is 15.0 Å². The van der Waals surface area contributed by atoms with Crippen molar-refractivity contribution in [2.45, 2.75) is 6.18 Å². The van der Waals surface area contributed by atoms with E-state index in [1.807, 2.05) is 0 Å². The van der Waals surface area contributed by atoms with Gasteiger partial charge in [-0.25, -0.2) is 0 Å². The molecule has 0 aromatic carbocycles. The van der Waals surface area contributed by atoms with E-state index in [1.165, 1.54) is 6.08 Å². The van der Waals surface area contributed by atoms with Gasteiger partial charge in [-0.1, -0.05) is 24.0 Å². The zero-order chi connectivity index (χ0) is 12.6. The summed E-state index contributed by atoms with van der Waals surface area (Å²) in [7, 11) is 0. The Morgan fingerprint density at radius 2 is 2.12 bits per heavy atom. The third kappa shape index (κ3) is 2.70. The number of hydrogen-bond acceptors (Lipinski definition) is 4. The van der Waals surface area contributed by atoms with Crippen molar-refractivity contribution in [2.75, 3.05) is 0 Å². The molecule has 8 heteroatoms. The summed E-state index contributed by atoms with van der Waals surface area (Å²) in [6, 6.07) is 1.95. The average molecular weight is 279 g/mol. The Morgan fingerprint density at radius 3 is 2.59 bits per heavy atom. The first-order valence-electron chi connectivity index (χ1n) is 4.28. The molecule has 90 valence electrons. The monoisotopic (exact) mass is 279 g/mol. The molecule has 0 atom stereocenters. The number of thioether (sulfide) groups is 1. The summed E-state index contributed by atoms with van der Waals surface area (Å²) >= 11 is 5.71. The fourth-order valence-electron chi connectivity index (χ4n) is 1.13. The zero-order valence-corrected chi connectivity index (χ0v) is 9.63. The Hall–Kier alpha value is -1.28. The molecular weight excluding hydrogens is 275 g/mol. The predicted molar refractivity (Wildman–Crippen MR) is 60.0 cm³/mol. The van der Waals surface area contributed by atoms with E-state index in [4.69, 9.17) is 12.2 Å². The van der Waals surface area contributed by atoms with Gasteiger partial charge in [0, 0.05) is 6.08 Å². The minimum atomic E-state index is -4.53. The largest absolute Gasteiger partial charge is 0.452 e. The molecule has 0 radical (unpaired) electrons. The van der Waals surface area contributed by atoms with Gasteiger partial charge in [-0.2, -0.15) is 13.2 Å². The predicted octanol–water partition coefficient (Wildman–Crippen LogP) is 2.79. The summed E-state index contributed by atoms with van der Waals surface area (Å²) in [6.07, 6.45) is -3.31. The van der Waals surface area contributed by atoms with Crippen LogP contribution in [-0.4, -0.2) is 10.2 Å². The van der Waals surface area contributed by atoms with Gasteiger partial charge >= 0.3 is 6.18 Å². The maximum Gasteiger partial charge on any atom is 0.449 e. The van der Waals surface area contributed by atoms with Crippen LogP contribution in [0.3, 0.4) is 0 Å². The summed E-state index contributed by atoms with van der Waals surface area (Å²) in [5, 5.41) is 2.35. The molecule has 1 aliphatic rings. The number of hydrogen-bond donors (Lipinski definition) is 1. The van der Waals surface area contributed by atoms with Crippen LogP contribution in [0, 0.1) is 0 Å². The maximum atomic E-state index is 12.2. The van der Waals surface area contributed by atoms with E-state index in [2.05, 4.69) is 9.73 Å². The van der Waals surface area contributed by atoms with Crippen molar-refractivity contribution in [3.63, 3.8) is 0 Å². The fourth-order valence-corrected chi connectivity index (χ4v) is 2.16. The molecule has 0 saturated carbocycles. The van der Waals surface area contributed by atoms with Gasteiger partial charge in [-0.15, -0.1) is 0 Å². The molecule has 1 amide bonds. The highest BCUT2D eigenvalue weighted by Crippen LogP contribution is 2.32. The molecule has 17 heavy (non-hydrogen) atoms. The number of amides is 1. The summed E-state index contributed by atoms with van der Waals surface area (Å²) in [5.41, 5.74) is 0. The van der Waals surface area contributed by atoms with Gasteiger partial charge in [0.15, 0.2) is 0 Å². The summed E-state index contributed by atoms with van der Waals surface area (Å²) in [6.45, 7) is 0. The fraction of sp³-hybridized carbons (Fsp3) is 0.111. The van der Waals surface area contributed by atoms with E-state index in [1.54, 1.807) is 0 Å². The number of furan rings is 1. The van der Waals surface area contributed by atoms with Gasteiger partial charge < -0.3 is 9.73 Å². The second-order valence-corrected chi connectivity index (χ2v) is 4.77. The maximum absolute atomic E-state index is 12.2. The number of rotatable bonds is 1. The topological polar surface area (TPSA) is 42.2 Å². The highest BCUT2D eigenvalue weighted by atomic mass is 32.2. The molecule has 1 aliphatic heterocycles. The van der Waals surface area contributed by atoms with Crippen molar-refractivity contribution in [2.24, 2.45) is 0 Å². The lowest BCUT2D eigenvalue weighted by Gasteiger charge is -1.99. The third-order valence-electron chi connectivity index (χ3n) is 1.82. The molecule has 0 spiro atoms. The van der Waals surface area contributed by atoms with E-state index in [0.717, 1.165) is 23.9 Å². The highest BCUT2D eigenvalue weighted by Gasteiger charge is 2.34. The smallest absolute Gasteiger partial charge is 0.449 e. The van der Waals surface area contributed by atoms with Crippen molar-refractivity contribution in [1.82, 2.24) is 5.32 Å². The van der Waals surface area contributed by atoms with Crippen LogP contribution in [0.25, 0.3) is 6.08 Å². The normalized spacial score (nSPS) is 18.9. The van der Waals surface area contributed by atoms with Gasteiger partial charge in [0.05, 0.1) is 4.91 Å². The van der Waals surface area contributed by atoms with Crippen molar-refractivity contribution < 1.29 is 22.4 Å². The molecule has 0 aliphatic carbocycles. The highest BCUT2D eigenvalue weighted by molar-refractivity contribution is 8.26. The molecule has 1 N–H and O–H groups in total. The minimum absolute atomic E-state index is 0.0420. The Kier molecular flexibility index (Phi) is 3.00. The third-order valence-corrected chi connectivity index (χ3v) is 2.98. The van der Waals surface area contributed by atoms with Crippen molar-refractivity contribution in [3.05, 3.63) is 28.6 Å². The van der Waals surface area contributed by atoms with E-state index in [9.17, 15) is 18.0 Å². The number of carbonyl (C=O) groups excluding carboxylic acids is 1. The molecule has 1 fully saturated rings. The van der Waals surface area contributed by atoms with Gasteiger partial charge in [0.1, 0.15) is 10.1 Å². The zero-order valence-electron chi connectivity index (χ0n) is 8.00. The van der Waals surface area contributed by atoms with Gasteiger partial charge in [0.25, 0.3) is 5.91 Å². The van der Waals surface area contributed by atoms with Crippen LogP contribution in [0.4, 0.5) is 13.2 Å². The van der Waals surface area contributed by atoms with Crippen LogP contribution in [0.15, 0.2) is 21.5 Å². The van der Waals surface area contributed by atoms with Crippen molar-refractivity contribution >= 4 is 40.3 Å². The van der Waals surface area contributed by atoms with Crippen LogP contribution >= 0.6 is 24.0 Å². The molecule has 2 heterocycles. The Labute approximate surface area is 103 Å². The second-order valence-electron chi connectivity index (χ2n) is 3.05. The average Bonchev–Trinajstić information content (AvgIpc) is 2.74. The molecule has 1 aromatic rings. The summed E-state index contributed by atoms with van der Waals surface area (Å²) in [5.74, 6) is -1.58. The molecule has 0 unspecified atom stereocenters. The van der Waals surface area contributed by atoms with Crippen LogP contribution in [0.1, 0.15) is 11.5 Å². The minimum Gasteiger partial charge on any atom is -0.452 e. The van der Waals surface area contributed by atoms with Gasteiger partial charge in [0.2, 0.25) is 5.76 Å². The lowest BCUT2D eigenvalue weighted by atomic mass is 10.3. The lowest BCUT2D eigenvalue weighted by Crippen LogP contribution is -2.17. The molecular formula is C9H4F3NO2S2. The van der Waals surface area contributed by atoms with Crippen LogP contribution in [0.2, 0.25) is 0 Å². The first-order valence-corrected chi connectivity index (χ1v) is 5.50. The van der Waals surface area contributed by atoms with Crippen LogP contribution in [-0.2, 0) is 11.0 Å². The number of halogens is 3. The van der Waals surface area contributed by atoms with Gasteiger partial charge in [-0.3, -0.25) is 4.79 Å². The molecule has 0 bridgehead atoms. The van der Waals surface area contributed by atoms with Gasteiger partial charge in [-0.05, 0) is 12.1 Å². The second kappa shape index (κ2) is 4.19. The van der Waals surface area contributed by atoms with Crippen LogP contribution in [0.5, 0.6) is 0 Å². The Bertz CT molecular complexity index is 519. The molecule has 1 saturated heterocycles. The summed E-state index contributed by atoms with van der Waals surface area (Å²) < 4.78 is 41.5. The lowest BCUT2D eigenvalue weighted by molar-refractivity contribution is -0.153.